The molecule has 3 aromatic rings. The molecule has 0 aliphatic carbocycles. The minimum Gasteiger partial charge on any atom is -0.367 e. The zero-order chi connectivity index (χ0) is 23.0. The number of nitrogens with zero attached hydrogens (tertiary/aromatic N) is 3. The van der Waals surface area contributed by atoms with Gasteiger partial charge in [0.05, 0.1) is 0 Å². The van der Waals surface area contributed by atoms with Crippen LogP contribution in [0.4, 0.5) is 8.78 Å². The van der Waals surface area contributed by atoms with Crippen LogP contribution in [0.2, 0.25) is 0 Å². The van der Waals surface area contributed by atoms with Crippen LogP contribution in [0.3, 0.4) is 0 Å². The van der Waals surface area contributed by atoms with Gasteiger partial charge < -0.3 is 9.88 Å². The van der Waals surface area contributed by atoms with E-state index in [0.29, 0.717) is 29.2 Å². The van der Waals surface area contributed by atoms with Crippen molar-refractivity contribution in [2.45, 2.75) is 33.7 Å². The van der Waals surface area contributed by atoms with Gasteiger partial charge in [0.2, 0.25) is 0 Å². The number of H-pyrrole nitrogens is 1. The summed E-state index contributed by atoms with van der Waals surface area (Å²) in [5, 5.41) is 0. The van der Waals surface area contributed by atoms with Gasteiger partial charge in [-0.3, -0.25) is 9.78 Å². The first-order valence-corrected chi connectivity index (χ1v) is 10.4. The van der Waals surface area contributed by atoms with E-state index in [0.717, 1.165) is 47.1 Å². The third-order valence-electron chi connectivity index (χ3n) is 5.88. The van der Waals surface area contributed by atoms with Gasteiger partial charge >= 0.3 is 0 Å². The summed E-state index contributed by atoms with van der Waals surface area (Å²) in [6.07, 6.45) is 2.36. The molecule has 32 heavy (non-hydrogen) atoms. The number of fused-ring (bicyclic) bond motifs is 1. The first-order valence-electron chi connectivity index (χ1n) is 10.4. The molecule has 1 aromatic carbocycles. The quantitative estimate of drug-likeness (QED) is 0.600. The number of benzene rings is 1. The van der Waals surface area contributed by atoms with E-state index in [2.05, 4.69) is 26.4 Å². The molecule has 5 nitrogen and oxygen atoms in total. The number of aromatic nitrogens is 3. The van der Waals surface area contributed by atoms with E-state index in [-0.39, 0.29) is 5.56 Å². The number of rotatable bonds is 4. The lowest BCUT2D eigenvalue weighted by Crippen LogP contribution is -2.30. The Morgan fingerprint density at radius 2 is 1.97 bits per heavy atom. The molecule has 0 fully saturated rings. The predicted molar refractivity (Wildman–Crippen MR) is 121 cm³/mol. The van der Waals surface area contributed by atoms with E-state index in [9.17, 15) is 13.6 Å². The second kappa shape index (κ2) is 8.49. The van der Waals surface area contributed by atoms with E-state index in [1.54, 1.807) is 13.1 Å². The number of allylic oxidation sites excluding steroid dienone is 2. The Kier molecular flexibility index (Phi) is 5.74. The van der Waals surface area contributed by atoms with Crippen LogP contribution in [0.25, 0.3) is 16.7 Å². The Labute approximate surface area is 185 Å². The molecule has 164 valence electrons. The molecule has 0 radical (unpaired) electrons. The maximum atomic E-state index is 14.3. The SMILES string of the molecule is C=C(/C(C)=C(/C)c1nc(C)cc(=O)[nH]1)N1CCc2ncc(-c3ccc(F)cc3F)cc2C1. The monoisotopic (exact) mass is 434 g/mol. The van der Waals surface area contributed by atoms with Crippen LogP contribution in [0.5, 0.6) is 0 Å². The molecule has 0 saturated heterocycles. The number of hydrogen-bond acceptors (Lipinski definition) is 4. The van der Waals surface area contributed by atoms with Crippen LogP contribution >= 0.6 is 0 Å². The summed E-state index contributed by atoms with van der Waals surface area (Å²) in [6.45, 7) is 11.2. The minimum atomic E-state index is -0.613. The summed E-state index contributed by atoms with van der Waals surface area (Å²) in [6, 6.07) is 6.91. The standard InChI is InChI=1S/C25H24F2N4O/c1-14-9-24(32)30-25(29-14)16(3)15(2)17(4)31-8-7-23-19(13-31)10-18(12-28-23)21-6-5-20(26)11-22(21)27/h5-6,9-12H,4,7-8,13H2,1-3H3,(H,29,30,32)/b16-15-. The molecule has 0 amide bonds. The number of aromatic amines is 1. The van der Waals surface area contributed by atoms with Gasteiger partial charge in [-0.05, 0) is 55.7 Å². The first kappa shape index (κ1) is 21.6. The fourth-order valence-electron chi connectivity index (χ4n) is 3.92. The lowest BCUT2D eigenvalue weighted by Gasteiger charge is -2.32. The highest BCUT2D eigenvalue weighted by molar-refractivity contribution is 5.66. The Balaban J connectivity index is 1.62. The molecule has 7 heteroatoms. The summed E-state index contributed by atoms with van der Waals surface area (Å²) < 4.78 is 27.5. The zero-order valence-corrected chi connectivity index (χ0v) is 18.3. The third kappa shape index (κ3) is 4.23. The number of aryl methyl sites for hydroxylation is 1. The van der Waals surface area contributed by atoms with E-state index in [1.165, 1.54) is 18.2 Å². The minimum absolute atomic E-state index is 0.191. The predicted octanol–water partition coefficient (Wildman–Crippen LogP) is 4.78. The van der Waals surface area contributed by atoms with Crippen LogP contribution < -0.4 is 5.56 Å². The fraction of sp³-hybridized carbons (Fsp3) is 0.240. The molecular weight excluding hydrogens is 410 g/mol. The van der Waals surface area contributed by atoms with Crippen LogP contribution in [0, 0.1) is 18.6 Å². The normalized spacial score (nSPS) is 14.1. The summed E-state index contributed by atoms with van der Waals surface area (Å²) >= 11 is 0. The fourth-order valence-corrected chi connectivity index (χ4v) is 3.92. The summed E-state index contributed by atoms with van der Waals surface area (Å²) in [4.78, 5) is 25.7. The average Bonchev–Trinajstić information content (AvgIpc) is 2.76. The van der Waals surface area contributed by atoms with Crippen LogP contribution in [-0.2, 0) is 13.0 Å². The van der Waals surface area contributed by atoms with Gasteiger partial charge in [-0.1, -0.05) is 6.58 Å². The van der Waals surface area contributed by atoms with Gasteiger partial charge in [0.1, 0.15) is 17.5 Å². The second-order valence-electron chi connectivity index (χ2n) is 8.06. The van der Waals surface area contributed by atoms with Crippen molar-refractivity contribution in [2.24, 2.45) is 0 Å². The maximum absolute atomic E-state index is 14.3. The van der Waals surface area contributed by atoms with Crippen molar-refractivity contribution >= 4 is 5.57 Å². The summed E-state index contributed by atoms with van der Waals surface area (Å²) in [7, 11) is 0. The van der Waals surface area contributed by atoms with Crippen molar-refractivity contribution in [1.29, 1.82) is 0 Å². The van der Waals surface area contributed by atoms with Gasteiger partial charge in [0.25, 0.3) is 5.56 Å². The Hall–Kier alpha value is -3.61. The van der Waals surface area contributed by atoms with Crippen molar-refractivity contribution in [2.75, 3.05) is 6.54 Å². The smallest absolute Gasteiger partial charge is 0.251 e. The first-order chi connectivity index (χ1) is 15.2. The van der Waals surface area contributed by atoms with E-state index in [1.807, 2.05) is 19.9 Å². The van der Waals surface area contributed by atoms with Crippen molar-refractivity contribution in [1.82, 2.24) is 19.9 Å². The van der Waals surface area contributed by atoms with Crippen LogP contribution in [0.15, 0.2) is 59.2 Å². The van der Waals surface area contributed by atoms with Crippen LogP contribution in [0.1, 0.15) is 36.6 Å². The Bertz CT molecular complexity index is 1310. The van der Waals surface area contributed by atoms with Gasteiger partial charge in [-0.15, -0.1) is 0 Å². The molecule has 3 heterocycles. The van der Waals surface area contributed by atoms with Gasteiger partial charge in [-0.2, -0.15) is 0 Å². The average molecular weight is 434 g/mol. The molecule has 0 atom stereocenters. The van der Waals surface area contributed by atoms with Gasteiger partial charge in [-0.25, -0.2) is 13.8 Å². The Morgan fingerprint density at radius 1 is 1.19 bits per heavy atom. The number of hydrogen-bond donors (Lipinski definition) is 1. The third-order valence-corrected chi connectivity index (χ3v) is 5.88. The molecule has 1 aliphatic heterocycles. The van der Waals surface area contributed by atoms with Crippen LogP contribution in [-0.4, -0.2) is 26.4 Å². The van der Waals surface area contributed by atoms with Crippen molar-refractivity contribution in [3.05, 3.63) is 99.1 Å². The van der Waals surface area contributed by atoms with Crippen molar-refractivity contribution in [3.63, 3.8) is 0 Å². The lowest BCUT2D eigenvalue weighted by atomic mass is 9.98. The number of halogens is 2. The van der Waals surface area contributed by atoms with E-state index in [4.69, 9.17) is 0 Å². The molecule has 1 N–H and O–H groups in total. The molecule has 4 rings (SSSR count). The van der Waals surface area contributed by atoms with Crippen molar-refractivity contribution in [3.8, 4) is 11.1 Å². The highest BCUT2D eigenvalue weighted by Gasteiger charge is 2.21. The van der Waals surface area contributed by atoms with Gasteiger partial charge in [0, 0.05) is 66.1 Å². The van der Waals surface area contributed by atoms with Crippen molar-refractivity contribution < 1.29 is 8.78 Å². The number of pyridine rings is 1. The summed E-state index contributed by atoms with van der Waals surface area (Å²) in [5.74, 6) is -0.693. The van der Waals surface area contributed by atoms with E-state index < -0.39 is 11.6 Å². The second-order valence-corrected chi connectivity index (χ2v) is 8.06. The lowest BCUT2D eigenvalue weighted by molar-refractivity contribution is 0.326. The van der Waals surface area contributed by atoms with E-state index >= 15 is 0 Å². The largest absolute Gasteiger partial charge is 0.367 e. The maximum Gasteiger partial charge on any atom is 0.251 e. The highest BCUT2D eigenvalue weighted by Crippen LogP contribution is 2.30. The zero-order valence-electron chi connectivity index (χ0n) is 18.3. The Morgan fingerprint density at radius 3 is 2.69 bits per heavy atom. The highest BCUT2D eigenvalue weighted by atomic mass is 19.1. The number of nitrogens with one attached hydrogen (secondary N) is 1. The molecule has 2 aromatic heterocycles. The molecule has 0 unspecified atom stereocenters. The molecular formula is C25H24F2N4O. The molecule has 1 aliphatic rings. The summed E-state index contributed by atoms with van der Waals surface area (Å²) in [5.41, 5.74) is 5.93. The molecule has 0 spiro atoms. The molecule has 0 saturated carbocycles. The topological polar surface area (TPSA) is 61.9 Å². The molecule has 0 bridgehead atoms. The van der Waals surface area contributed by atoms with Gasteiger partial charge in [0.15, 0.2) is 0 Å².